The van der Waals surface area contributed by atoms with Gasteiger partial charge in [-0.3, -0.25) is 0 Å². The normalized spacial score (nSPS) is 14.2. The predicted molar refractivity (Wildman–Crippen MR) is 78.1 cm³/mol. The summed E-state index contributed by atoms with van der Waals surface area (Å²) in [5.41, 5.74) is 6.77. The van der Waals surface area contributed by atoms with Crippen LogP contribution in [0, 0.1) is 0 Å². The first-order valence-electron chi connectivity index (χ1n) is 6.34. The Morgan fingerprint density at radius 3 is 2.16 bits per heavy atom. The van der Waals surface area contributed by atoms with Crippen LogP contribution in [-0.2, 0) is 9.84 Å². The number of benzene rings is 1. The Labute approximate surface area is 115 Å². The summed E-state index contributed by atoms with van der Waals surface area (Å²) in [6.45, 7) is 7.15. The van der Waals surface area contributed by atoms with Gasteiger partial charge in [-0.15, -0.1) is 0 Å². The summed E-state index contributed by atoms with van der Waals surface area (Å²) >= 11 is 0. The van der Waals surface area contributed by atoms with Crippen molar-refractivity contribution < 1.29 is 13.2 Å². The summed E-state index contributed by atoms with van der Waals surface area (Å²) in [4.78, 5) is 0. The molecule has 4 nitrogen and oxygen atoms in total. The Hall–Kier alpha value is -1.07. The molecular formula is C14H23NO3S. The SMILES string of the molecule is C[C@@H](N)c1ccc(OCCS(=O)(=O)C(C)(C)C)cc1. The van der Waals surface area contributed by atoms with E-state index in [-0.39, 0.29) is 18.4 Å². The van der Waals surface area contributed by atoms with Gasteiger partial charge in [0.2, 0.25) is 0 Å². The van der Waals surface area contributed by atoms with Crippen molar-refractivity contribution in [3.8, 4) is 5.75 Å². The third kappa shape index (κ3) is 4.51. The molecule has 0 aliphatic heterocycles. The van der Waals surface area contributed by atoms with Crippen LogP contribution in [0.25, 0.3) is 0 Å². The zero-order chi connectivity index (χ0) is 14.7. The highest BCUT2D eigenvalue weighted by molar-refractivity contribution is 7.92. The van der Waals surface area contributed by atoms with Crippen LogP contribution >= 0.6 is 0 Å². The molecule has 0 aromatic heterocycles. The zero-order valence-electron chi connectivity index (χ0n) is 12.0. The van der Waals surface area contributed by atoms with Crippen LogP contribution in [0.1, 0.15) is 39.3 Å². The van der Waals surface area contributed by atoms with Crippen LogP contribution in [-0.4, -0.2) is 25.5 Å². The van der Waals surface area contributed by atoms with E-state index < -0.39 is 14.6 Å². The summed E-state index contributed by atoms with van der Waals surface area (Å²) < 4.78 is 28.5. The van der Waals surface area contributed by atoms with Gasteiger partial charge in [0.05, 0.1) is 10.5 Å². The molecule has 19 heavy (non-hydrogen) atoms. The van der Waals surface area contributed by atoms with E-state index in [0.717, 1.165) is 5.56 Å². The average molecular weight is 285 g/mol. The molecule has 1 atom stereocenters. The molecule has 1 aromatic carbocycles. The van der Waals surface area contributed by atoms with Crippen LogP contribution in [0.4, 0.5) is 0 Å². The van der Waals surface area contributed by atoms with Crippen molar-refractivity contribution in [3.05, 3.63) is 29.8 Å². The molecule has 0 saturated heterocycles. The zero-order valence-corrected chi connectivity index (χ0v) is 12.8. The molecule has 0 amide bonds. The molecule has 0 unspecified atom stereocenters. The van der Waals surface area contributed by atoms with Gasteiger partial charge < -0.3 is 10.5 Å². The van der Waals surface area contributed by atoms with E-state index in [9.17, 15) is 8.42 Å². The van der Waals surface area contributed by atoms with Crippen molar-refractivity contribution in [1.29, 1.82) is 0 Å². The van der Waals surface area contributed by atoms with Crippen molar-refractivity contribution in [3.63, 3.8) is 0 Å². The number of hydrogen-bond donors (Lipinski definition) is 1. The molecule has 0 bridgehead atoms. The lowest BCUT2D eigenvalue weighted by Gasteiger charge is -2.19. The van der Waals surface area contributed by atoms with Crippen molar-refractivity contribution in [2.45, 2.75) is 38.5 Å². The molecule has 0 radical (unpaired) electrons. The van der Waals surface area contributed by atoms with Gasteiger partial charge in [0.25, 0.3) is 0 Å². The Morgan fingerprint density at radius 1 is 1.21 bits per heavy atom. The van der Waals surface area contributed by atoms with Crippen LogP contribution < -0.4 is 10.5 Å². The summed E-state index contributed by atoms with van der Waals surface area (Å²) in [5.74, 6) is 0.680. The number of sulfone groups is 1. The number of hydrogen-bond acceptors (Lipinski definition) is 4. The number of nitrogens with two attached hydrogens (primary N) is 1. The summed E-state index contributed by atoms with van der Waals surface area (Å²) in [6.07, 6.45) is 0. The molecule has 0 fully saturated rings. The molecule has 108 valence electrons. The van der Waals surface area contributed by atoms with Gasteiger partial charge in [0.1, 0.15) is 12.4 Å². The first kappa shape index (κ1) is 16.0. The van der Waals surface area contributed by atoms with Gasteiger partial charge in [-0.1, -0.05) is 12.1 Å². The second kappa shape index (κ2) is 5.92. The molecule has 0 aliphatic carbocycles. The average Bonchev–Trinajstić information content (AvgIpc) is 2.28. The first-order valence-corrected chi connectivity index (χ1v) is 7.99. The fourth-order valence-corrected chi connectivity index (χ4v) is 2.36. The lowest BCUT2D eigenvalue weighted by molar-refractivity contribution is 0.339. The molecule has 1 rings (SSSR count). The molecule has 0 spiro atoms. The molecule has 0 aliphatic rings. The Balaban J connectivity index is 2.55. The monoisotopic (exact) mass is 285 g/mol. The quantitative estimate of drug-likeness (QED) is 0.901. The van der Waals surface area contributed by atoms with Crippen LogP contribution in [0.15, 0.2) is 24.3 Å². The molecule has 2 N–H and O–H groups in total. The van der Waals surface area contributed by atoms with E-state index in [1.165, 1.54) is 0 Å². The highest BCUT2D eigenvalue weighted by Crippen LogP contribution is 2.18. The van der Waals surface area contributed by atoms with Gasteiger partial charge in [0.15, 0.2) is 9.84 Å². The van der Waals surface area contributed by atoms with Gasteiger partial charge in [-0.25, -0.2) is 8.42 Å². The standard InChI is InChI=1S/C14H23NO3S/c1-11(15)12-5-7-13(8-6-12)18-9-10-19(16,17)14(2,3)4/h5-8,11H,9-10,15H2,1-4H3/t11-/m1/s1. The summed E-state index contributed by atoms with van der Waals surface area (Å²) in [6, 6.07) is 7.37. The van der Waals surface area contributed by atoms with Crippen molar-refractivity contribution in [2.75, 3.05) is 12.4 Å². The molecular weight excluding hydrogens is 262 g/mol. The number of rotatable bonds is 5. The summed E-state index contributed by atoms with van der Waals surface area (Å²) in [5, 5.41) is 0. The maximum atomic E-state index is 11.9. The van der Waals surface area contributed by atoms with E-state index in [1.807, 2.05) is 31.2 Å². The maximum Gasteiger partial charge on any atom is 0.158 e. The lowest BCUT2D eigenvalue weighted by atomic mass is 10.1. The topological polar surface area (TPSA) is 69.4 Å². The molecule has 5 heteroatoms. The largest absolute Gasteiger partial charge is 0.493 e. The van der Waals surface area contributed by atoms with Crippen LogP contribution in [0.5, 0.6) is 5.75 Å². The second-order valence-electron chi connectivity index (χ2n) is 5.64. The highest BCUT2D eigenvalue weighted by Gasteiger charge is 2.28. The van der Waals surface area contributed by atoms with E-state index in [4.69, 9.17) is 10.5 Å². The van der Waals surface area contributed by atoms with Crippen LogP contribution in [0.3, 0.4) is 0 Å². The molecule has 1 aromatic rings. The van der Waals surface area contributed by atoms with Crippen LogP contribution in [0.2, 0.25) is 0 Å². The van der Waals surface area contributed by atoms with Crippen molar-refractivity contribution in [2.24, 2.45) is 5.73 Å². The highest BCUT2D eigenvalue weighted by atomic mass is 32.2. The minimum Gasteiger partial charge on any atom is -0.493 e. The van der Waals surface area contributed by atoms with Gasteiger partial charge in [-0.2, -0.15) is 0 Å². The minimum absolute atomic E-state index is 0.0182. The second-order valence-corrected chi connectivity index (χ2v) is 8.50. The lowest BCUT2D eigenvalue weighted by Crippen LogP contribution is -2.32. The molecule has 0 heterocycles. The van der Waals surface area contributed by atoms with E-state index in [1.54, 1.807) is 20.8 Å². The Morgan fingerprint density at radius 2 is 1.74 bits per heavy atom. The van der Waals surface area contributed by atoms with E-state index in [0.29, 0.717) is 5.75 Å². The maximum absolute atomic E-state index is 11.9. The Bertz CT molecular complexity index is 498. The van der Waals surface area contributed by atoms with Gasteiger partial charge in [0, 0.05) is 6.04 Å². The first-order chi connectivity index (χ1) is 8.63. The third-order valence-electron chi connectivity index (χ3n) is 2.96. The Kier molecular flexibility index (Phi) is 4.98. The van der Waals surface area contributed by atoms with Gasteiger partial charge in [-0.05, 0) is 45.4 Å². The predicted octanol–water partition coefficient (Wildman–Crippen LogP) is 2.30. The fraction of sp³-hybridized carbons (Fsp3) is 0.571. The number of ether oxygens (including phenoxy) is 1. The smallest absolute Gasteiger partial charge is 0.158 e. The molecule has 0 saturated carbocycles. The minimum atomic E-state index is -3.13. The third-order valence-corrected chi connectivity index (χ3v) is 5.53. The summed E-state index contributed by atoms with van der Waals surface area (Å²) in [7, 11) is -3.13. The van der Waals surface area contributed by atoms with E-state index in [2.05, 4.69) is 0 Å². The fourth-order valence-electron chi connectivity index (χ4n) is 1.44. The van der Waals surface area contributed by atoms with E-state index >= 15 is 0 Å². The van der Waals surface area contributed by atoms with Crippen molar-refractivity contribution in [1.82, 2.24) is 0 Å². The van der Waals surface area contributed by atoms with Gasteiger partial charge >= 0.3 is 0 Å². The van der Waals surface area contributed by atoms with Crippen molar-refractivity contribution >= 4 is 9.84 Å².